The number of carbonyl (C=O) groups is 1. The molecule has 86 heavy (non-hydrogen) atoms. The van der Waals surface area contributed by atoms with Gasteiger partial charge in [0.25, 0.3) is 0 Å². The zero-order valence-corrected chi connectivity index (χ0v) is 55.5. The van der Waals surface area contributed by atoms with Gasteiger partial charge in [-0.15, -0.1) is 0 Å². The first-order valence-electron chi connectivity index (χ1n) is 36.1. The van der Waals surface area contributed by atoms with E-state index in [0.29, 0.717) is 6.42 Å². The number of hydrogen-bond donors (Lipinski definition) is 6. The van der Waals surface area contributed by atoms with Crippen LogP contribution in [-0.4, -0.2) is 87.5 Å². The molecule has 0 spiro atoms. The van der Waals surface area contributed by atoms with E-state index in [1.54, 1.807) is 6.08 Å². The van der Waals surface area contributed by atoms with Gasteiger partial charge in [-0.3, -0.25) is 4.79 Å². The number of amides is 1. The lowest BCUT2D eigenvalue weighted by Gasteiger charge is -2.40. The normalized spacial score (nSPS) is 18.7. The van der Waals surface area contributed by atoms with E-state index < -0.39 is 49.5 Å². The number of ether oxygens (including phenoxy) is 2. The van der Waals surface area contributed by atoms with Gasteiger partial charge in [0.2, 0.25) is 5.91 Å². The smallest absolute Gasteiger partial charge is 0.220 e. The van der Waals surface area contributed by atoms with Crippen LogP contribution in [0.1, 0.15) is 316 Å². The standard InChI is InChI=1S/C77H135NO8/c1-3-5-7-9-11-13-15-17-19-21-23-25-27-28-29-30-31-32-33-34-35-36-37-38-39-40-41-42-43-44-45-47-49-51-53-55-57-59-61-63-65-67-73(81)78-70(69-85-77-76(84)75(83)74(82)72(68-79)86-77)71(80)66-64-62-60-58-56-54-52-50-48-46-26-24-22-20-18-16-14-12-10-8-6-4-2/h5,7,11,13,17,19,23,25,28-29,31-32,34-35,56,58,64,66,70-72,74-77,79-80,82-84H,3-4,6,8-10,12,14-16,18,20-22,24,26-27,30,33,36-55,57,59-63,65,67-69H2,1-2H3,(H,78,81)/b7-5-,13-11-,19-17-,25-23-,29-28-,32-31-,35-34-,58-56+,66-64+. The third kappa shape index (κ3) is 52.8. The van der Waals surface area contributed by atoms with Gasteiger partial charge in [0.1, 0.15) is 24.4 Å². The van der Waals surface area contributed by atoms with E-state index in [9.17, 15) is 30.3 Å². The van der Waals surface area contributed by atoms with Crippen LogP contribution in [0.25, 0.3) is 0 Å². The van der Waals surface area contributed by atoms with E-state index in [0.717, 1.165) is 83.5 Å². The average molecular weight is 1200 g/mol. The second-order valence-corrected chi connectivity index (χ2v) is 24.6. The van der Waals surface area contributed by atoms with Crippen LogP contribution in [0.2, 0.25) is 0 Å². The van der Waals surface area contributed by atoms with Crippen LogP contribution in [-0.2, 0) is 14.3 Å². The maximum atomic E-state index is 13.1. The third-order valence-electron chi connectivity index (χ3n) is 16.6. The summed E-state index contributed by atoms with van der Waals surface area (Å²) in [6, 6.07) is -0.827. The van der Waals surface area contributed by atoms with E-state index in [1.807, 2.05) is 6.08 Å². The highest BCUT2D eigenvalue weighted by Gasteiger charge is 2.44. The van der Waals surface area contributed by atoms with Gasteiger partial charge in [0.05, 0.1) is 25.4 Å². The molecule has 1 fully saturated rings. The molecule has 0 aliphatic carbocycles. The molecule has 7 unspecified atom stereocenters. The van der Waals surface area contributed by atoms with E-state index in [2.05, 4.69) is 116 Å². The lowest BCUT2D eigenvalue weighted by Crippen LogP contribution is -2.60. The van der Waals surface area contributed by atoms with E-state index in [4.69, 9.17) is 9.47 Å². The number of allylic oxidation sites excluding steroid dienone is 17. The number of aliphatic hydroxyl groups excluding tert-OH is 5. The predicted octanol–water partition coefficient (Wildman–Crippen LogP) is 20.0. The van der Waals surface area contributed by atoms with Crippen molar-refractivity contribution in [3.05, 3.63) is 109 Å². The molecule has 1 aliphatic rings. The Kier molecular flexibility index (Phi) is 61.0. The molecule has 9 heteroatoms. The molecule has 1 saturated heterocycles. The van der Waals surface area contributed by atoms with Crippen molar-refractivity contribution < 1.29 is 39.8 Å². The number of unbranched alkanes of at least 4 members (excludes halogenated alkanes) is 36. The summed E-state index contributed by atoms with van der Waals surface area (Å²) in [6.45, 7) is 3.68. The van der Waals surface area contributed by atoms with E-state index >= 15 is 0 Å². The van der Waals surface area contributed by atoms with Gasteiger partial charge in [-0.25, -0.2) is 0 Å². The van der Waals surface area contributed by atoms with Crippen LogP contribution >= 0.6 is 0 Å². The largest absolute Gasteiger partial charge is 0.394 e. The quantitative estimate of drug-likeness (QED) is 0.0261. The SMILES string of the molecule is CC/C=C\C/C=C\C/C=C\C/C=C\C/C=C\C/C=C\C/C=C\CCCCCCCCCCCCCCCCCCCCCC(=O)NC(COC1OC(CO)C(O)C(O)C1O)C(O)/C=C/CC/C=C/CCCCCCCCCCCCCCCCCC. The van der Waals surface area contributed by atoms with Gasteiger partial charge < -0.3 is 40.3 Å². The van der Waals surface area contributed by atoms with Crippen LogP contribution in [0.5, 0.6) is 0 Å². The van der Waals surface area contributed by atoms with Crippen molar-refractivity contribution in [1.82, 2.24) is 5.32 Å². The van der Waals surface area contributed by atoms with Crippen LogP contribution in [0, 0.1) is 0 Å². The number of carbonyl (C=O) groups excluding carboxylic acids is 1. The van der Waals surface area contributed by atoms with Crippen molar-refractivity contribution in [2.45, 2.75) is 358 Å². The van der Waals surface area contributed by atoms with Gasteiger partial charge >= 0.3 is 0 Å². The summed E-state index contributed by atoms with van der Waals surface area (Å²) in [5.41, 5.74) is 0. The lowest BCUT2D eigenvalue weighted by atomic mass is 9.99. The maximum Gasteiger partial charge on any atom is 0.220 e. The van der Waals surface area contributed by atoms with Gasteiger partial charge in [-0.05, 0) is 89.9 Å². The fourth-order valence-corrected chi connectivity index (χ4v) is 11.0. The molecular formula is C77H135NO8. The first kappa shape index (κ1) is 80.9. The van der Waals surface area contributed by atoms with Gasteiger partial charge in [0.15, 0.2) is 6.29 Å². The molecule has 9 nitrogen and oxygen atoms in total. The van der Waals surface area contributed by atoms with Crippen molar-refractivity contribution in [2.75, 3.05) is 13.2 Å². The molecule has 0 aromatic carbocycles. The van der Waals surface area contributed by atoms with Crippen molar-refractivity contribution >= 4 is 5.91 Å². The number of aliphatic hydroxyl groups is 5. The summed E-state index contributed by atoms with van der Waals surface area (Å²) in [5, 5.41) is 54.7. The maximum absolute atomic E-state index is 13.1. The van der Waals surface area contributed by atoms with Crippen LogP contribution < -0.4 is 5.32 Å². The molecule has 6 N–H and O–H groups in total. The second-order valence-electron chi connectivity index (χ2n) is 24.6. The minimum absolute atomic E-state index is 0.185. The van der Waals surface area contributed by atoms with Crippen LogP contribution in [0.4, 0.5) is 0 Å². The molecule has 0 saturated carbocycles. The highest BCUT2D eigenvalue weighted by molar-refractivity contribution is 5.76. The monoisotopic (exact) mass is 1200 g/mol. The third-order valence-corrected chi connectivity index (χ3v) is 16.6. The Hall–Kier alpha value is -3.15. The first-order valence-corrected chi connectivity index (χ1v) is 36.1. The predicted molar refractivity (Wildman–Crippen MR) is 368 cm³/mol. The van der Waals surface area contributed by atoms with Crippen LogP contribution in [0.15, 0.2) is 109 Å². The Bertz CT molecular complexity index is 1730. The summed E-state index contributed by atoms with van der Waals surface area (Å²) in [4.78, 5) is 13.1. The van der Waals surface area contributed by atoms with E-state index in [1.165, 1.54) is 212 Å². The Morgan fingerprint density at radius 3 is 1.12 bits per heavy atom. The number of hydrogen-bond acceptors (Lipinski definition) is 8. The first-order chi connectivity index (χ1) is 42.3. The minimum atomic E-state index is -1.58. The lowest BCUT2D eigenvalue weighted by molar-refractivity contribution is -0.302. The molecule has 1 aliphatic heterocycles. The highest BCUT2D eigenvalue weighted by atomic mass is 16.7. The summed E-state index contributed by atoms with van der Waals surface area (Å²) in [5.74, 6) is -0.185. The van der Waals surface area contributed by atoms with Crippen molar-refractivity contribution in [3.63, 3.8) is 0 Å². The topological polar surface area (TPSA) is 149 Å². The summed E-state index contributed by atoms with van der Waals surface area (Å²) >= 11 is 0. The van der Waals surface area contributed by atoms with Crippen molar-refractivity contribution in [3.8, 4) is 0 Å². The molecule has 1 rings (SSSR count). The molecule has 0 bridgehead atoms. The van der Waals surface area contributed by atoms with E-state index in [-0.39, 0.29) is 12.5 Å². The Morgan fingerprint density at radius 2 is 0.733 bits per heavy atom. The van der Waals surface area contributed by atoms with Gasteiger partial charge in [-0.1, -0.05) is 329 Å². The van der Waals surface area contributed by atoms with Crippen molar-refractivity contribution in [2.24, 2.45) is 0 Å². The number of nitrogens with one attached hydrogen (secondary N) is 1. The second kappa shape index (κ2) is 64.8. The summed E-state index contributed by atoms with van der Waals surface area (Å²) in [6.07, 6.45) is 89.2. The fraction of sp³-hybridized carbons (Fsp3) is 0.753. The highest BCUT2D eigenvalue weighted by Crippen LogP contribution is 2.23. The fourth-order valence-electron chi connectivity index (χ4n) is 11.0. The zero-order chi connectivity index (χ0) is 62.1. The van der Waals surface area contributed by atoms with Crippen molar-refractivity contribution in [1.29, 1.82) is 0 Å². The average Bonchev–Trinajstić information content (AvgIpc) is 2.36. The molecule has 7 atom stereocenters. The minimum Gasteiger partial charge on any atom is -0.394 e. The summed E-state index contributed by atoms with van der Waals surface area (Å²) in [7, 11) is 0. The molecule has 1 amide bonds. The molecule has 0 aromatic rings. The Labute approximate surface area is 529 Å². The zero-order valence-electron chi connectivity index (χ0n) is 55.5. The molecule has 1 heterocycles. The van der Waals surface area contributed by atoms with Gasteiger partial charge in [-0.2, -0.15) is 0 Å². The number of rotatable bonds is 62. The molecule has 0 aromatic heterocycles. The van der Waals surface area contributed by atoms with Gasteiger partial charge in [0, 0.05) is 6.42 Å². The Balaban J connectivity index is 2.10. The molecule has 0 radical (unpaired) electrons. The van der Waals surface area contributed by atoms with Crippen LogP contribution in [0.3, 0.4) is 0 Å². The molecule has 496 valence electrons. The molecular weight excluding hydrogens is 1070 g/mol. The Morgan fingerprint density at radius 1 is 0.407 bits per heavy atom. The summed E-state index contributed by atoms with van der Waals surface area (Å²) < 4.78 is 11.3.